The van der Waals surface area contributed by atoms with Gasteiger partial charge in [-0.3, -0.25) is 4.98 Å². The fourth-order valence-corrected chi connectivity index (χ4v) is 0.837. The number of fused-ring (bicyclic) bond motifs is 1. The summed E-state index contributed by atoms with van der Waals surface area (Å²) in [6, 6.07) is 1.76. The minimum atomic E-state index is 0.738. The molecule has 2 aromatic rings. The first-order chi connectivity index (χ1) is 4.88. The van der Waals surface area contributed by atoms with Gasteiger partial charge < -0.3 is 0 Å². The van der Waals surface area contributed by atoms with Crippen molar-refractivity contribution in [3.8, 4) is 0 Å². The van der Waals surface area contributed by atoms with E-state index in [1.54, 1.807) is 12.3 Å². The Morgan fingerprint density at radius 1 is 1.40 bits per heavy atom. The molecular formula is C6H5N3O. The van der Waals surface area contributed by atoms with Crippen LogP contribution < -0.4 is 0 Å². The van der Waals surface area contributed by atoms with Gasteiger partial charge in [0.05, 0.1) is 5.69 Å². The van der Waals surface area contributed by atoms with Crippen molar-refractivity contribution in [2.24, 2.45) is 0 Å². The van der Waals surface area contributed by atoms with Crippen molar-refractivity contribution in [3.63, 3.8) is 0 Å². The quantitative estimate of drug-likeness (QED) is 0.539. The number of hydrogen-bond donors (Lipinski definition) is 0. The Bertz CT molecular complexity index is 355. The standard InChI is InChI=1S/C6H5N3O/c1-4-6-5(2-3-7-4)8-10-9-6/h2-3H,1H3. The molecule has 2 aromatic heterocycles. The zero-order chi connectivity index (χ0) is 6.97. The average molecular weight is 135 g/mol. The van der Waals surface area contributed by atoms with Gasteiger partial charge in [-0.2, -0.15) is 0 Å². The Morgan fingerprint density at radius 3 is 3.10 bits per heavy atom. The molecule has 0 aliphatic heterocycles. The fourth-order valence-electron chi connectivity index (χ4n) is 0.837. The Morgan fingerprint density at radius 2 is 2.30 bits per heavy atom. The highest BCUT2D eigenvalue weighted by atomic mass is 16.6. The van der Waals surface area contributed by atoms with Crippen LogP contribution in [0.15, 0.2) is 16.9 Å². The molecule has 0 saturated carbocycles. The molecule has 4 heteroatoms. The molecule has 0 spiro atoms. The van der Waals surface area contributed by atoms with Crippen molar-refractivity contribution in [2.45, 2.75) is 6.92 Å². The van der Waals surface area contributed by atoms with Gasteiger partial charge in [-0.05, 0) is 23.3 Å². The molecule has 0 atom stereocenters. The molecule has 0 N–H and O–H groups in total. The van der Waals surface area contributed by atoms with Gasteiger partial charge in [0.1, 0.15) is 5.52 Å². The van der Waals surface area contributed by atoms with Crippen LogP contribution in [0.3, 0.4) is 0 Å². The van der Waals surface area contributed by atoms with E-state index in [-0.39, 0.29) is 0 Å². The van der Waals surface area contributed by atoms with Crippen molar-refractivity contribution < 1.29 is 4.63 Å². The van der Waals surface area contributed by atoms with Gasteiger partial charge in [-0.15, -0.1) is 0 Å². The summed E-state index contributed by atoms with van der Waals surface area (Å²) in [6.07, 6.45) is 1.68. The van der Waals surface area contributed by atoms with Gasteiger partial charge in [0.15, 0.2) is 5.52 Å². The van der Waals surface area contributed by atoms with E-state index in [0.717, 1.165) is 16.7 Å². The fraction of sp³-hybridized carbons (Fsp3) is 0.167. The highest BCUT2D eigenvalue weighted by Gasteiger charge is 2.01. The van der Waals surface area contributed by atoms with E-state index in [9.17, 15) is 0 Å². The van der Waals surface area contributed by atoms with Crippen LogP contribution in [0.2, 0.25) is 0 Å². The predicted molar refractivity (Wildman–Crippen MR) is 34.3 cm³/mol. The van der Waals surface area contributed by atoms with E-state index in [0.29, 0.717) is 0 Å². The second-order valence-electron chi connectivity index (χ2n) is 2.03. The second-order valence-corrected chi connectivity index (χ2v) is 2.03. The Kier molecular flexibility index (Phi) is 0.943. The van der Waals surface area contributed by atoms with E-state index in [2.05, 4.69) is 19.9 Å². The zero-order valence-corrected chi connectivity index (χ0v) is 5.40. The largest absolute Gasteiger partial charge is 0.259 e. The van der Waals surface area contributed by atoms with E-state index >= 15 is 0 Å². The Hall–Kier alpha value is -1.45. The van der Waals surface area contributed by atoms with Crippen LogP contribution in [0.4, 0.5) is 0 Å². The lowest BCUT2D eigenvalue weighted by molar-refractivity contribution is 0.315. The molecule has 0 fully saturated rings. The predicted octanol–water partition coefficient (Wildman–Crippen LogP) is 0.926. The maximum atomic E-state index is 4.51. The summed E-state index contributed by atoms with van der Waals surface area (Å²) in [6.45, 7) is 1.87. The molecule has 0 aliphatic rings. The van der Waals surface area contributed by atoms with Crippen molar-refractivity contribution in [1.82, 2.24) is 15.3 Å². The SMILES string of the molecule is Cc1nccc2nonc12. The number of rotatable bonds is 0. The van der Waals surface area contributed by atoms with Crippen molar-refractivity contribution >= 4 is 11.0 Å². The summed E-state index contributed by atoms with van der Waals surface area (Å²) in [5.74, 6) is 0. The third kappa shape index (κ3) is 0.586. The lowest BCUT2D eigenvalue weighted by Crippen LogP contribution is -1.80. The van der Waals surface area contributed by atoms with Crippen molar-refractivity contribution in [2.75, 3.05) is 0 Å². The third-order valence-corrected chi connectivity index (χ3v) is 1.36. The maximum absolute atomic E-state index is 4.51. The molecule has 2 rings (SSSR count). The summed E-state index contributed by atoms with van der Waals surface area (Å²) in [7, 11) is 0. The molecule has 2 heterocycles. The molecule has 50 valence electrons. The molecular weight excluding hydrogens is 130 g/mol. The second kappa shape index (κ2) is 1.76. The van der Waals surface area contributed by atoms with Crippen molar-refractivity contribution in [1.29, 1.82) is 0 Å². The van der Waals surface area contributed by atoms with Gasteiger partial charge >= 0.3 is 0 Å². The third-order valence-electron chi connectivity index (χ3n) is 1.36. The Labute approximate surface area is 56.8 Å². The van der Waals surface area contributed by atoms with E-state index in [1.165, 1.54) is 0 Å². The zero-order valence-electron chi connectivity index (χ0n) is 5.40. The van der Waals surface area contributed by atoms with Crippen LogP contribution in [0.25, 0.3) is 11.0 Å². The number of pyridine rings is 1. The maximum Gasteiger partial charge on any atom is 0.156 e. The van der Waals surface area contributed by atoms with Crippen LogP contribution in [0.5, 0.6) is 0 Å². The van der Waals surface area contributed by atoms with Crippen LogP contribution >= 0.6 is 0 Å². The van der Waals surface area contributed by atoms with Gasteiger partial charge in [0, 0.05) is 6.20 Å². The monoisotopic (exact) mass is 135 g/mol. The number of hydrogen-bond acceptors (Lipinski definition) is 4. The first-order valence-corrected chi connectivity index (χ1v) is 2.92. The molecule has 0 amide bonds. The highest BCUT2D eigenvalue weighted by molar-refractivity contribution is 5.74. The molecule has 4 nitrogen and oxygen atoms in total. The molecule has 0 aliphatic carbocycles. The minimum absolute atomic E-state index is 0.738. The number of aryl methyl sites for hydroxylation is 1. The molecule has 0 unspecified atom stereocenters. The van der Waals surface area contributed by atoms with E-state index in [1.807, 2.05) is 6.92 Å². The lowest BCUT2D eigenvalue weighted by atomic mass is 10.3. The summed E-state index contributed by atoms with van der Waals surface area (Å²) < 4.78 is 4.51. The molecule has 10 heavy (non-hydrogen) atoms. The number of nitrogens with zero attached hydrogens (tertiary/aromatic N) is 3. The first-order valence-electron chi connectivity index (χ1n) is 2.92. The van der Waals surface area contributed by atoms with Crippen molar-refractivity contribution in [3.05, 3.63) is 18.0 Å². The Balaban J connectivity index is 2.95. The smallest absolute Gasteiger partial charge is 0.156 e. The lowest BCUT2D eigenvalue weighted by Gasteiger charge is -1.85. The minimum Gasteiger partial charge on any atom is -0.259 e. The summed E-state index contributed by atoms with van der Waals surface area (Å²) >= 11 is 0. The number of aromatic nitrogens is 3. The molecule has 0 saturated heterocycles. The van der Waals surface area contributed by atoms with Gasteiger partial charge in [-0.1, -0.05) is 0 Å². The van der Waals surface area contributed by atoms with Crippen LogP contribution in [0.1, 0.15) is 5.69 Å². The summed E-state index contributed by atoms with van der Waals surface area (Å²) in [5.41, 5.74) is 2.34. The summed E-state index contributed by atoms with van der Waals surface area (Å²) in [5, 5.41) is 7.32. The van der Waals surface area contributed by atoms with Crippen LogP contribution in [0, 0.1) is 6.92 Å². The van der Waals surface area contributed by atoms with Gasteiger partial charge in [-0.25, -0.2) is 4.63 Å². The molecule has 0 bridgehead atoms. The highest BCUT2D eigenvalue weighted by Crippen LogP contribution is 2.09. The summed E-state index contributed by atoms with van der Waals surface area (Å²) in [4.78, 5) is 4.02. The first kappa shape index (κ1) is 5.34. The topological polar surface area (TPSA) is 51.8 Å². The average Bonchev–Trinajstić information content (AvgIpc) is 2.36. The molecule has 0 aromatic carbocycles. The van der Waals surface area contributed by atoms with Crippen LogP contribution in [-0.2, 0) is 0 Å². The van der Waals surface area contributed by atoms with Gasteiger partial charge in [0.25, 0.3) is 0 Å². The van der Waals surface area contributed by atoms with E-state index in [4.69, 9.17) is 0 Å². The molecule has 0 radical (unpaired) electrons. The van der Waals surface area contributed by atoms with Gasteiger partial charge in [0.2, 0.25) is 0 Å². The van der Waals surface area contributed by atoms with Crippen LogP contribution in [-0.4, -0.2) is 15.3 Å². The van der Waals surface area contributed by atoms with E-state index < -0.39 is 0 Å². The normalized spacial score (nSPS) is 10.5.